The molecule has 7 heteroatoms. The first kappa shape index (κ1) is 11.8. The maximum Gasteiger partial charge on any atom is 0.305 e. The van der Waals surface area contributed by atoms with E-state index in [1.165, 1.54) is 0 Å². The lowest BCUT2D eigenvalue weighted by Crippen LogP contribution is -2.48. The molecule has 1 aliphatic heterocycles. The minimum atomic E-state index is -0.211. The SMILES string of the molecule is Cc1[nH]c(=O)sc1C(=O)N1CCN(C=O)CC1. The van der Waals surface area contributed by atoms with Crippen LogP contribution in [0.15, 0.2) is 4.79 Å². The van der Waals surface area contributed by atoms with Crippen molar-refractivity contribution in [3.63, 3.8) is 0 Å². The summed E-state index contributed by atoms with van der Waals surface area (Å²) in [5.41, 5.74) is 0.614. The second kappa shape index (κ2) is 4.70. The Morgan fingerprint density at radius 2 is 2.00 bits per heavy atom. The van der Waals surface area contributed by atoms with Crippen LogP contribution in [0.4, 0.5) is 0 Å². The Kier molecular flexibility index (Phi) is 3.28. The number of amides is 2. The first-order valence-electron chi connectivity index (χ1n) is 5.30. The van der Waals surface area contributed by atoms with Crippen LogP contribution >= 0.6 is 11.3 Å². The molecule has 2 amide bonds. The van der Waals surface area contributed by atoms with Crippen LogP contribution in [0.25, 0.3) is 0 Å². The van der Waals surface area contributed by atoms with Crippen molar-refractivity contribution < 1.29 is 9.59 Å². The van der Waals surface area contributed by atoms with Gasteiger partial charge in [-0.15, -0.1) is 0 Å². The van der Waals surface area contributed by atoms with Gasteiger partial charge in [0.05, 0.1) is 0 Å². The summed E-state index contributed by atoms with van der Waals surface area (Å²) in [6, 6.07) is 0. The first-order chi connectivity index (χ1) is 8.11. The predicted octanol–water partition coefficient (Wildman–Crippen LogP) is -0.341. The third-order valence-electron chi connectivity index (χ3n) is 2.77. The van der Waals surface area contributed by atoms with E-state index in [9.17, 15) is 14.4 Å². The number of piperazine rings is 1. The van der Waals surface area contributed by atoms with Gasteiger partial charge in [0.25, 0.3) is 5.91 Å². The lowest BCUT2D eigenvalue weighted by molar-refractivity contribution is -0.119. The van der Waals surface area contributed by atoms with Gasteiger partial charge in [0.1, 0.15) is 4.88 Å². The zero-order valence-corrected chi connectivity index (χ0v) is 10.2. The van der Waals surface area contributed by atoms with E-state index in [0.29, 0.717) is 36.8 Å². The number of rotatable bonds is 2. The van der Waals surface area contributed by atoms with Crippen LogP contribution in [0.5, 0.6) is 0 Å². The topological polar surface area (TPSA) is 73.5 Å². The van der Waals surface area contributed by atoms with Crippen molar-refractivity contribution in [3.8, 4) is 0 Å². The fourth-order valence-electron chi connectivity index (χ4n) is 1.78. The molecule has 0 aromatic carbocycles. The van der Waals surface area contributed by atoms with Crippen molar-refractivity contribution in [2.45, 2.75) is 6.92 Å². The van der Waals surface area contributed by atoms with E-state index < -0.39 is 0 Å². The number of carbonyl (C=O) groups is 2. The molecule has 2 rings (SSSR count). The number of aromatic nitrogens is 1. The molecule has 1 aromatic heterocycles. The number of thiazole rings is 1. The maximum atomic E-state index is 12.1. The highest BCUT2D eigenvalue weighted by Crippen LogP contribution is 2.13. The molecule has 0 radical (unpaired) electrons. The highest BCUT2D eigenvalue weighted by atomic mass is 32.1. The highest BCUT2D eigenvalue weighted by molar-refractivity contribution is 7.11. The summed E-state index contributed by atoms with van der Waals surface area (Å²) in [5, 5.41) is 0. The number of aromatic amines is 1. The van der Waals surface area contributed by atoms with Gasteiger partial charge in [0, 0.05) is 31.9 Å². The van der Waals surface area contributed by atoms with Gasteiger partial charge in [-0.05, 0) is 6.92 Å². The molecule has 1 saturated heterocycles. The molecule has 92 valence electrons. The Hall–Kier alpha value is -1.63. The molecular weight excluding hydrogens is 242 g/mol. The third-order valence-corrected chi connectivity index (χ3v) is 3.74. The molecule has 0 saturated carbocycles. The molecule has 0 aliphatic carbocycles. The average Bonchev–Trinajstić information content (AvgIpc) is 2.68. The Morgan fingerprint density at radius 1 is 1.35 bits per heavy atom. The second-order valence-electron chi connectivity index (χ2n) is 3.90. The van der Waals surface area contributed by atoms with Gasteiger partial charge in [-0.1, -0.05) is 11.3 Å². The van der Waals surface area contributed by atoms with Crippen LogP contribution in [0, 0.1) is 6.92 Å². The number of aryl methyl sites for hydroxylation is 1. The van der Waals surface area contributed by atoms with Crippen molar-refractivity contribution >= 4 is 23.7 Å². The molecule has 0 atom stereocenters. The summed E-state index contributed by atoms with van der Waals surface area (Å²) in [6.45, 7) is 3.85. The van der Waals surface area contributed by atoms with E-state index >= 15 is 0 Å². The molecule has 17 heavy (non-hydrogen) atoms. The quantitative estimate of drug-likeness (QED) is 0.735. The Morgan fingerprint density at radius 3 is 2.47 bits per heavy atom. The van der Waals surface area contributed by atoms with E-state index in [0.717, 1.165) is 17.7 Å². The summed E-state index contributed by atoms with van der Waals surface area (Å²) >= 11 is 0.937. The van der Waals surface area contributed by atoms with Crippen molar-refractivity contribution in [1.29, 1.82) is 0 Å². The van der Waals surface area contributed by atoms with Crippen LogP contribution in [-0.2, 0) is 4.79 Å². The first-order valence-corrected chi connectivity index (χ1v) is 6.12. The number of nitrogens with zero attached hydrogens (tertiary/aromatic N) is 2. The molecule has 1 aliphatic rings. The van der Waals surface area contributed by atoms with E-state index in [-0.39, 0.29) is 10.8 Å². The van der Waals surface area contributed by atoms with Crippen LogP contribution in [0.3, 0.4) is 0 Å². The van der Waals surface area contributed by atoms with Crippen LogP contribution in [0.1, 0.15) is 15.4 Å². The van der Waals surface area contributed by atoms with Crippen LogP contribution < -0.4 is 4.87 Å². The summed E-state index contributed by atoms with van der Waals surface area (Å²) in [7, 11) is 0. The number of carbonyl (C=O) groups excluding carboxylic acids is 2. The van der Waals surface area contributed by atoms with Crippen molar-refractivity contribution in [2.24, 2.45) is 0 Å². The van der Waals surface area contributed by atoms with Gasteiger partial charge in [-0.2, -0.15) is 0 Å². The van der Waals surface area contributed by atoms with Gasteiger partial charge in [0.2, 0.25) is 6.41 Å². The lowest BCUT2D eigenvalue weighted by atomic mass is 10.3. The molecule has 6 nitrogen and oxygen atoms in total. The molecule has 0 unspecified atom stereocenters. The van der Waals surface area contributed by atoms with E-state index in [1.807, 2.05) is 0 Å². The minimum absolute atomic E-state index is 0.128. The van der Waals surface area contributed by atoms with Gasteiger partial charge in [0.15, 0.2) is 0 Å². The standard InChI is InChI=1S/C10H13N3O3S/c1-7-8(17-10(16)11-7)9(15)13-4-2-12(6-14)3-5-13/h6H,2-5H2,1H3,(H,11,16). The van der Waals surface area contributed by atoms with Crippen LogP contribution in [-0.4, -0.2) is 53.3 Å². The monoisotopic (exact) mass is 255 g/mol. The Labute approximate surface area is 102 Å². The van der Waals surface area contributed by atoms with E-state index in [1.54, 1.807) is 16.7 Å². The number of nitrogens with one attached hydrogen (secondary N) is 1. The highest BCUT2D eigenvalue weighted by Gasteiger charge is 2.24. The Bertz CT molecular complexity index is 485. The van der Waals surface area contributed by atoms with Gasteiger partial charge in [-0.25, -0.2) is 0 Å². The zero-order chi connectivity index (χ0) is 12.4. The average molecular weight is 255 g/mol. The zero-order valence-electron chi connectivity index (χ0n) is 9.43. The lowest BCUT2D eigenvalue weighted by Gasteiger charge is -2.32. The van der Waals surface area contributed by atoms with E-state index in [4.69, 9.17) is 0 Å². The van der Waals surface area contributed by atoms with E-state index in [2.05, 4.69) is 4.98 Å². The van der Waals surface area contributed by atoms with Crippen molar-refractivity contribution in [1.82, 2.24) is 14.8 Å². The molecule has 1 N–H and O–H groups in total. The minimum Gasteiger partial charge on any atom is -0.342 e. The van der Waals surface area contributed by atoms with Gasteiger partial charge < -0.3 is 14.8 Å². The molecule has 2 heterocycles. The summed E-state index contributed by atoms with van der Waals surface area (Å²) in [5.74, 6) is -0.128. The Balaban J connectivity index is 2.09. The fraction of sp³-hybridized carbons (Fsp3) is 0.500. The van der Waals surface area contributed by atoms with Crippen molar-refractivity contribution in [3.05, 3.63) is 20.2 Å². The second-order valence-corrected chi connectivity index (χ2v) is 4.89. The maximum absolute atomic E-state index is 12.1. The van der Waals surface area contributed by atoms with Gasteiger partial charge >= 0.3 is 4.87 Å². The van der Waals surface area contributed by atoms with Gasteiger partial charge in [-0.3, -0.25) is 14.4 Å². The predicted molar refractivity (Wildman–Crippen MR) is 63.2 cm³/mol. The largest absolute Gasteiger partial charge is 0.342 e. The summed E-state index contributed by atoms with van der Waals surface area (Å²) in [6.07, 6.45) is 0.793. The number of hydrogen-bond acceptors (Lipinski definition) is 4. The number of hydrogen-bond donors (Lipinski definition) is 1. The smallest absolute Gasteiger partial charge is 0.305 e. The van der Waals surface area contributed by atoms with Crippen molar-refractivity contribution in [2.75, 3.05) is 26.2 Å². The molecule has 0 bridgehead atoms. The fourth-order valence-corrected chi connectivity index (χ4v) is 2.59. The molecular formula is C10H13N3O3S. The number of H-pyrrole nitrogens is 1. The molecule has 0 spiro atoms. The molecule has 1 fully saturated rings. The van der Waals surface area contributed by atoms with Crippen LogP contribution in [0.2, 0.25) is 0 Å². The normalized spacial score (nSPS) is 16.1. The molecule has 1 aromatic rings. The third kappa shape index (κ3) is 2.38. The summed E-state index contributed by atoms with van der Waals surface area (Å²) in [4.78, 5) is 39.9. The summed E-state index contributed by atoms with van der Waals surface area (Å²) < 4.78 is 0.